The summed E-state index contributed by atoms with van der Waals surface area (Å²) in [6.45, 7) is 4.38. The minimum atomic E-state index is -0.0923. The van der Waals surface area contributed by atoms with Crippen molar-refractivity contribution in [2.75, 3.05) is 7.11 Å². The Kier molecular flexibility index (Phi) is 3.36. The average Bonchev–Trinajstić information content (AvgIpc) is 2.61. The van der Waals surface area contributed by atoms with Gasteiger partial charge >= 0.3 is 5.90 Å². The van der Waals surface area contributed by atoms with Crippen molar-refractivity contribution in [1.82, 2.24) is 0 Å². The summed E-state index contributed by atoms with van der Waals surface area (Å²) in [5, 5.41) is 2.58. The van der Waals surface area contributed by atoms with E-state index in [9.17, 15) is 0 Å². The second-order valence-electron chi connectivity index (χ2n) is 4.99. The van der Waals surface area contributed by atoms with Gasteiger partial charge in [0.1, 0.15) is 5.41 Å². The molecule has 1 N–H and O–H groups in total. The average molecular weight is 353 g/mol. The monoisotopic (exact) mass is 353 g/mol. The first kappa shape index (κ1) is 13.3. The van der Waals surface area contributed by atoms with E-state index in [2.05, 4.69) is 55.2 Å². The molecule has 0 radical (unpaired) electrons. The number of fused-ring (bicyclic) bond motifs is 3. The Bertz CT molecular complexity index is 631. The highest BCUT2D eigenvalue weighted by molar-refractivity contribution is 5.98. The van der Waals surface area contributed by atoms with Gasteiger partial charge in [-0.1, -0.05) is 24.3 Å². The first-order valence-corrected chi connectivity index (χ1v) is 5.85. The fraction of sp³-hybridized carbons (Fsp3) is 0.267. The minimum Gasteiger partial charge on any atom is -1.00 e. The SMILES string of the molecule is COC1=[NH+]c2ccc3ccccc3c2C1(C)C.[I-]. The molecule has 0 unspecified atom stereocenters. The number of hydrogen-bond acceptors (Lipinski definition) is 1. The second-order valence-corrected chi connectivity index (χ2v) is 4.99. The molecular weight excluding hydrogens is 337 g/mol. The van der Waals surface area contributed by atoms with E-state index < -0.39 is 0 Å². The lowest BCUT2D eigenvalue weighted by Gasteiger charge is -2.17. The molecule has 2 aromatic carbocycles. The predicted molar refractivity (Wildman–Crippen MR) is 69.6 cm³/mol. The smallest absolute Gasteiger partial charge is 0.350 e. The van der Waals surface area contributed by atoms with E-state index in [1.165, 1.54) is 16.3 Å². The lowest BCUT2D eigenvalue weighted by atomic mass is 9.82. The van der Waals surface area contributed by atoms with Gasteiger partial charge in [0.25, 0.3) is 0 Å². The molecule has 0 spiro atoms. The number of hydrogen-bond donors (Lipinski definition) is 1. The molecule has 0 saturated heterocycles. The molecule has 0 bridgehead atoms. The molecular formula is C15H16INO. The van der Waals surface area contributed by atoms with E-state index in [0.29, 0.717) is 0 Å². The van der Waals surface area contributed by atoms with Crippen molar-refractivity contribution >= 4 is 22.4 Å². The van der Waals surface area contributed by atoms with Gasteiger partial charge < -0.3 is 28.7 Å². The van der Waals surface area contributed by atoms with Gasteiger partial charge in [-0.2, -0.15) is 4.99 Å². The molecule has 0 amide bonds. The molecule has 3 heteroatoms. The largest absolute Gasteiger partial charge is 1.00 e. The molecule has 0 fully saturated rings. The Hall–Kier alpha value is -1.10. The van der Waals surface area contributed by atoms with Gasteiger partial charge in [0, 0.05) is 6.07 Å². The first-order valence-electron chi connectivity index (χ1n) is 5.85. The molecule has 0 saturated carbocycles. The first-order chi connectivity index (χ1) is 8.14. The molecule has 1 aliphatic rings. The predicted octanol–water partition coefficient (Wildman–Crippen LogP) is -1.11. The maximum atomic E-state index is 5.46. The Morgan fingerprint density at radius 3 is 2.50 bits per heavy atom. The summed E-state index contributed by atoms with van der Waals surface area (Å²) in [5.41, 5.74) is 2.39. The van der Waals surface area contributed by atoms with Crippen LogP contribution in [0.1, 0.15) is 19.4 Å². The zero-order valence-corrected chi connectivity index (χ0v) is 12.9. The van der Waals surface area contributed by atoms with E-state index in [1.807, 2.05) is 0 Å². The molecule has 18 heavy (non-hydrogen) atoms. The van der Waals surface area contributed by atoms with Crippen molar-refractivity contribution in [2.45, 2.75) is 19.3 Å². The van der Waals surface area contributed by atoms with Gasteiger partial charge in [-0.3, -0.25) is 0 Å². The summed E-state index contributed by atoms with van der Waals surface area (Å²) in [6, 6.07) is 12.8. The van der Waals surface area contributed by atoms with Gasteiger partial charge in [0.15, 0.2) is 0 Å². The van der Waals surface area contributed by atoms with Crippen LogP contribution in [0.5, 0.6) is 0 Å². The van der Waals surface area contributed by atoms with E-state index in [0.717, 1.165) is 11.6 Å². The maximum absolute atomic E-state index is 5.46. The Labute approximate surface area is 124 Å². The van der Waals surface area contributed by atoms with Gasteiger partial charge in [0.2, 0.25) is 5.69 Å². The number of halogens is 1. The van der Waals surface area contributed by atoms with Gasteiger partial charge in [-0.05, 0) is 30.7 Å². The summed E-state index contributed by atoms with van der Waals surface area (Å²) < 4.78 is 5.46. The van der Waals surface area contributed by atoms with Crippen LogP contribution >= 0.6 is 0 Å². The molecule has 0 aromatic heterocycles. The summed E-state index contributed by atoms with van der Waals surface area (Å²) in [6.07, 6.45) is 0. The summed E-state index contributed by atoms with van der Waals surface area (Å²) in [5.74, 6) is 0.920. The van der Waals surface area contributed by atoms with Crippen LogP contribution in [-0.2, 0) is 10.2 Å². The molecule has 1 heterocycles. The van der Waals surface area contributed by atoms with Crippen molar-refractivity contribution in [2.24, 2.45) is 0 Å². The molecule has 1 aliphatic heterocycles. The third-order valence-electron chi connectivity index (χ3n) is 3.57. The quantitative estimate of drug-likeness (QED) is 0.597. The highest BCUT2D eigenvalue weighted by Gasteiger charge is 2.44. The van der Waals surface area contributed by atoms with E-state index in [1.54, 1.807) is 7.11 Å². The van der Waals surface area contributed by atoms with E-state index >= 15 is 0 Å². The standard InChI is InChI=1S/C15H15NO.HI/c1-15(2)13-11-7-5-4-6-10(11)8-9-12(13)16-14(15)17-3;/h4-9H,1-3H3;1H. The maximum Gasteiger partial charge on any atom is 0.350 e. The van der Waals surface area contributed by atoms with Crippen LogP contribution in [0.2, 0.25) is 0 Å². The summed E-state index contributed by atoms with van der Waals surface area (Å²) in [4.78, 5) is 3.36. The number of methoxy groups -OCH3 is 1. The highest BCUT2D eigenvalue weighted by Crippen LogP contribution is 2.37. The molecule has 3 rings (SSSR count). The van der Waals surface area contributed by atoms with Crippen molar-refractivity contribution in [3.63, 3.8) is 0 Å². The topological polar surface area (TPSA) is 23.2 Å². The number of ether oxygens (including phenoxy) is 1. The van der Waals surface area contributed by atoms with Crippen molar-refractivity contribution < 1.29 is 33.7 Å². The van der Waals surface area contributed by atoms with E-state index in [-0.39, 0.29) is 29.4 Å². The number of benzene rings is 2. The van der Waals surface area contributed by atoms with Gasteiger partial charge in [0.05, 0.1) is 12.7 Å². The number of rotatable bonds is 0. The van der Waals surface area contributed by atoms with Crippen molar-refractivity contribution in [3.8, 4) is 0 Å². The molecule has 2 aromatic rings. The van der Waals surface area contributed by atoms with E-state index in [4.69, 9.17) is 4.74 Å². The molecule has 0 aliphatic carbocycles. The fourth-order valence-electron chi connectivity index (χ4n) is 2.75. The molecule has 0 atom stereocenters. The minimum absolute atomic E-state index is 0. The molecule has 2 nitrogen and oxygen atoms in total. The van der Waals surface area contributed by atoms with Gasteiger partial charge in [-0.15, -0.1) is 0 Å². The van der Waals surface area contributed by atoms with Crippen LogP contribution in [-0.4, -0.2) is 13.0 Å². The normalized spacial score (nSPS) is 15.8. The zero-order chi connectivity index (χ0) is 12.0. The highest BCUT2D eigenvalue weighted by atomic mass is 127. The summed E-state index contributed by atoms with van der Waals surface area (Å²) in [7, 11) is 1.72. The third-order valence-corrected chi connectivity index (χ3v) is 3.57. The van der Waals surface area contributed by atoms with Crippen LogP contribution in [0.3, 0.4) is 0 Å². The summed E-state index contributed by atoms with van der Waals surface area (Å²) >= 11 is 0. The molecule has 94 valence electrons. The van der Waals surface area contributed by atoms with Crippen molar-refractivity contribution in [1.29, 1.82) is 0 Å². The van der Waals surface area contributed by atoms with Crippen LogP contribution in [0.15, 0.2) is 36.4 Å². The van der Waals surface area contributed by atoms with Crippen molar-refractivity contribution in [3.05, 3.63) is 42.0 Å². The Morgan fingerprint density at radius 1 is 1.06 bits per heavy atom. The van der Waals surface area contributed by atoms with Gasteiger partial charge in [-0.25, -0.2) is 0 Å². The Morgan fingerprint density at radius 2 is 1.78 bits per heavy atom. The lowest BCUT2D eigenvalue weighted by Crippen LogP contribution is -3.00. The van der Waals surface area contributed by atoms with Crippen LogP contribution in [0.25, 0.3) is 10.8 Å². The number of nitrogens with one attached hydrogen (secondary N) is 1. The second kappa shape index (κ2) is 4.53. The van der Waals surface area contributed by atoms with Crippen LogP contribution in [0.4, 0.5) is 5.69 Å². The Balaban J connectivity index is 0.00000120. The van der Waals surface area contributed by atoms with Crippen LogP contribution < -0.4 is 29.0 Å². The third kappa shape index (κ3) is 1.72. The van der Waals surface area contributed by atoms with Crippen LogP contribution in [0, 0.1) is 0 Å². The fourth-order valence-corrected chi connectivity index (χ4v) is 2.75. The lowest BCUT2D eigenvalue weighted by molar-refractivity contribution is -0.363. The zero-order valence-electron chi connectivity index (χ0n) is 10.8.